The van der Waals surface area contributed by atoms with Crippen LogP contribution in [0.3, 0.4) is 0 Å². The second-order valence-electron chi connectivity index (χ2n) is 3.92. The standard InChI is InChI=1S/C10H19F2NO/c1-2-13-7-10(11,12)8-14-6-5-9-3-4-9/h9,13H,2-8H2,1H3. The molecular formula is C10H19F2NO. The number of ether oxygens (including phenoxy) is 1. The van der Waals surface area contributed by atoms with E-state index in [4.69, 9.17) is 4.74 Å². The van der Waals surface area contributed by atoms with Gasteiger partial charge in [0.15, 0.2) is 0 Å². The van der Waals surface area contributed by atoms with Crippen LogP contribution in [0.5, 0.6) is 0 Å². The lowest BCUT2D eigenvalue weighted by Gasteiger charge is -2.16. The number of hydrogen-bond acceptors (Lipinski definition) is 2. The molecule has 0 heterocycles. The maximum Gasteiger partial charge on any atom is 0.283 e. The molecule has 0 spiro atoms. The van der Waals surface area contributed by atoms with E-state index in [9.17, 15) is 8.78 Å². The Morgan fingerprint density at radius 2 is 2.14 bits per heavy atom. The second kappa shape index (κ2) is 5.61. The molecule has 1 N–H and O–H groups in total. The molecular weight excluding hydrogens is 188 g/mol. The monoisotopic (exact) mass is 207 g/mol. The Labute approximate surface area is 84.0 Å². The predicted molar refractivity (Wildman–Crippen MR) is 51.7 cm³/mol. The molecule has 0 bridgehead atoms. The highest BCUT2D eigenvalue weighted by Crippen LogP contribution is 2.32. The summed E-state index contributed by atoms with van der Waals surface area (Å²) in [6.45, 7) is 2.12. The van der Waals surface area contributed by atoms with Gasteiger partial charge in [0, 0.05) is 6.61 Å². The van der Waals surface area contributed by atoms with Crippen molar-refractivity contribution in [3.8, 4) is 0 Å². The number of alkyl halides is 2. The molecule has 0 unspecified atom stereocenters. The third-order valence-corrected chi connectivity index (χ3v) is 2.31. The lowest BCUT2D eigenvalue weighted by molar-refractivity contribution is -0.0751. The van der Waals surface area contributed by atoms with Crippen LogP contribution < -0.4 is 5.32 Å². The summed E-state index contributed by atoms with van der Waals surface area (Å²) in [4.78, 5) is 0. The Balaban J connectivity index is 1.96. The van der Waals surface area contributed by atoms with Crippen LogP contribution in [0.2, 0.25) is 0 Å². The molecule has 0 saturated heterocycles. The third-order valence-electron chi connectivity index (χ3n) is 2.31. The van der Waals surface area contributed by atoms with Crippen molar-refractivity contribution in [2.45, 2.75) is 32.1 Å². The van der Waals surface area contributed by atoms with Crippen LogP contribution in [0, 0.1) is 5.92 Å². The number of halogens is 2. The molecule has 4 heteroatoms. The van der Waals surface area contributed by atoms with E-state index in [2.05, 4.69) is 5.32 Å². The van der Waals surface area contributed by atoms with E-state index in [1.165, 1.54) is 12.8 Å². The maximum absolute atomic E-state index is 13.0. The van der Waals surface area contributed by atoms with Crippen LogP contribution in [0.25, 0.3) is 0 Å². The van der Waals surface area contributed by atoms with Crippen molar-refractivity contribution in [2.24, 2.45) is 5.92 Å². The van der Waals surface area contributed by atoms with Gasteiger partial charge in [-0.1, -0.05) is 19.8 Å². The summed E-state index contributed by atoms with van der Waals surface area (Å²) in [5, 5.41) is 2.62. The van der Waals surface area contributed by atoms with Gasteiger partial charge in [0.1, 0.15) is 6.61 Å². The van der Waals surface area contributed by atoms with Crippen molar-refractivity contribution < 1.29 is 13.5 Å². The summed E-state index contributed by atoms with van der Waals surface area (Å²) >= 11 is 0. The fourth-order valence-electron chi connectivity index (χ4n) is 1.24. The van der Waals surface area contributed by atoms with E-state index in [-0.39, 0.29) is 6.54 Å². The summed E-state index contributed by atoms with van der Waals surface area (Å²) in [5.41, 5.74) is 0. The zero-order valence-electron chi connectivity index (χ0n) is 8.69. The minimum atomic E-state index is -2.72. The van der Waals surface area contributed by atoms with E-state index in [0.717, 1.165) is 12.3 Å². The molecule has 14 heavy (non-hydrogen) atoms. The van der Waals surface area contributed by atoms with Gasteiger partial charge in [-0.15, -0.1) is 0 Å². The van der Waals surface area contributed by atoms with Gasteiger partial charge in [-0.05, 0) is 18.9 Å². The molecule has 0 aliphatic heterocycles. The van der Waals surface area contributed by atoms with Gasteiger partial charge >= 0.3 is 0 Å². The van der Waals surface area contributed by atoms with Crippen LogP contribution in [0.1, 0.15) is 26.2 Å². The summed E-state index contributed by atoms with van der Waals surface area (Å²) in [6, 6.07) is 0. The predicted octanol–water partition coefficient (Wildman–Crippen LogP) is 2.05. The Kier molecular flexibility index (Phi) is 4.75. The minimum Gasteiger partial charge on any atom is -0.375 e. The average Bonchev–Trinajstić information content (AvgIpc) is 2.93. The number of nitrogens with one attached hydrogen (secondary N) is 1. The summed E-state index contributed by atoms with van der Waals surface area (Å²) in [5.74, 6) is -1.98. The van der Waals surface area contributed by atoms with Crippen molar-refractivity contribution in [1.82, 2.24) is 5.32 Å². The molecule has 1 rings (SSSR count). The normalized spacial score (nSPS) is 17.4. The van der Waals surface area contributed by atoms with Crippen LogP contribution in [0.4, 0.5) is 8.78 Å². The molecule has 1 saturated carbocycles. The van der Waals surface area contributed by atoms with Gasteiger partial charge in [0.25, 0.3) is 5.92 Å². The Bertz CT molecular complexity index is 160. The van der Waals surface area contributed by atoms with Crippen molar-refractivity contribution in [3.63, 3.8) is 0 Å². The highest BCUT2D eigenvalue weighted by atomic mass is 19.3. The van der Waals surface area contributed by atoms with E-state index < -0.39 is 12.5 Å². The summed E-state index contributed by atoms with van der Waals surface area (Å²) in [7, 11) is 0. The molecule has 1 aliphatic carbocycles. The van der Waals surface area contributed by atoms with Gasteiger partial charge in [-0.3, -0.25) is 0 Å². The summed E-state index contributed by atoms with van der Waals surface area (Å²) in [6.07, 6.45) is 3.44. The highest BCUT2D eigenvalue weighted by molar-refractivity contribution is 4.73. The molecule has 0 aromatic heterocycles. The first-order valence-corrected chi connectivity index (χ1v) is 5.30. The largest absolute Gasteiger partial charge is 0.375 e. The van der Waals surface area contributed by atoms with E-state index >= 15 is 0 Å². The SMILES string of the molecule is CCNCC(F)(F)COCCC1CC1. The maximum atomic E-state index is 13.0. The fourth-order valence-corrected chi connectivity index (χ4v) is 1.24. The number of hydrogen-bond donors (Lipinski definition) is 1. The van der Waals surface area contributed by atoms with Crippen molar-refractivity contribution in [2.75, 3.05) is 26.3 Å². The van der Waals surface area contributed by atoms with Gasteiger partial charge in [0.2, 0.25) is 0 Å². The van der Waals surface area contributed by atoms with Gasteiger partial charge in [-0.25, -0.2) is 8.78 Å². The highest BCUT2D eigenvalue weighted by Gasteiger charge is 2.29. The van der Waals surface area contributed by atoms with Crippen molar-refractivity contribution in [1.29, 1.82) is 0 Å². The van der Waals surface area contributed by atoms with E-state index in [0.29, 0.717) is 13.2 Å². The molecule has 1 aliphatic rings. The Hall–Kier alpha value is -0.220. The zero-order valence-corrected chi connectivity index (χ0v) is 8.69. The average molecular weight is 207 g/mol. The lowest BCUT2D eigenvalue weighted by atomic mass is 10.3. The molecule has 0 aromatic rings. The zero-order chi connectivity index (χ0) is 10.4. The van der Waals surface area contributed by atoms with Crippen LogP contribution >= 0.6 is 0 Å². The first-order valence-electron chi connectivity index (χ1n) is 5.30. The molecule has 2 nitrogen and oxygen atoms in total. The Morgan fingerprint density at radius 1 is 1.43 bits per heavy atom. The molecule has 84 valence electrons. The molecule has 0 radical (unpaired) electrons. The Morgan fingerprint density at radius 3 is 2.71 bits per heavy atom. The quantitative estimate of drug-likeness (QED) is 0.615. The van der Waals surface area contributed by atoms with E-state index in [1.807, 2.05) is 6.92 Å². The van der Waals surface area contributed by atoms with Crippen LogP contribution in [-0.2, 0) is 4.74 Å². The second-order valence-corrected chi connectivity index (χ2v) is 3.92. The molecule has 0 atom stereocenters. The van der Waals surface area contributed by atoms with Gasteiger partial charge in [0.05, 0.1) is 6.54 Å². The van der Waals surface area contributed by atoms with Crippen LogP contribution in [0.15, 0.2) is 0 Å². The van der Waals surface area contributed by atoms with Gasteiger partial charge in [-0.2, -0.15) is 0 Å². The minimum absolute atomic E-state index is 0.285. The van der Waals surface area contributed by atoms with E-state index in [1.54, 1.807) is 0 Å². The first-order chi connectivity index (χ1) is 6.64. The fraction of sp³-hybridized carbons (Fsp3) is 1.00. The third kappa shape index (κ3) is 5.50. The van der Waals surface area contributed by atoms with Crippen molar-refractivity contribution in [3.05, 3.63) is 0 Å². The van der Waals surface area contributed by atoms with Crippen molar-refractivity contribution >= 4 is 0 Å². The molecule has 1 fully saturated rings. The molecule has 0 aromatic carbocycles. The molecule has 0 amide bonds. The first kappa shape index (κ1) is 11.9. The topological polar surface area (TPSA) is 21.3 Å². The lowest BCUT2D eigenvalue weighted by Crippen LogP contribution is -2.36. The smallest absolute Gasteiger partial charge is 0.283 e. The van der Waals surface area contributed by atoms with Gasteiger partial charge < -0.3 is 10.1 Å². The van der Waals surface area contributed by atoms with Crippen LogP contribution in [-0.4, -0.2) is 32.2 Å². The number of rotatable bonds is 8. The summed E-state index contributed by atoms with van der Waals surface area (Å²) < 4.78 is 30.9.